The van der Waals surface area contributed by atoms with E-state index in [0.29, 0.717) is 21.3 Å². The summed E-state index contributed by atoms with van der Waals surface area (Å²) in [6, 6.07) is 14.8. The Morgan fingerprint density at radius 2 is 1.96 bits per heavy atom. The highest BCUT2D eigenvalue weighted by Gasteiger charge is 2.18. The molecule has 0 aliphatic rings. The van der Waals surface area contributed by atoms with Crippen LogP contribution in [0.3, 0.4) is 0 Å². The highest BCUT2D eigenvalue weighted by molar-refractivity contribution is 7.18. The largest absolute Gasteiger partial charge is 0.495 e. The summed E-state index contributed by atoms with van der Waals surface area (Å²) in [4.78, 5) is 17.2. The molecule has 122 valence electrons. The van der Waals surface area contributed by atoms with Gasteiger partial charge in [-0.2, -0.15) is 0 Å². The summed E-state index contributed by atoms with van der Waals surface area (Å²) in [6.07, 6.45) is 0. The van der Waals surface area contributed by atoms with Crippen molar-refractivity contribution in [2.45, 2.75) is 6.92 Å². The molecule has 5 nitrogen and oxygen atoms in total. The molecule has 3 N–H and O–H groups in total. The van der Waals surface area contributed by atoms with Gasteiger partial charge in [0.05, 0.1) is 12.8 Å². The van der Waals surface area contributed by atoms with Crippen molar-refractivity contribution < 1.29 is 9.53 Å². The number of thiazole rings is 1. The number of anilines is 3. The van der Waals surface area contributed by atoms with Crippen LogP contribution in [0.2, 0.25) is 0 Å². The van der Waals surface area contributed by atoms with E-state index < -0.39 is 0 Å². The number of ketones is 1. The molecule has 24 heavy (non-hydrogen) atoms. The molecule has 0 amide bonds. The van der Waals surface area contributed by atoms with Crippen molar-refractivity contribution in [3.05, 3.63) is 64.5 Å². The summed E-state index contributed by atoms with van der Waals surface area (Å²) < 4.78 is 5.34. The van der Waals surface area contributed by atoms with Crippen LogP contribution in [0.1, 0.15) is 20.8 Å². The van der Waals surface area contributed by atoms with Crippen molar-refractivity contribution in [1.29, 1.82) is 0 Å². The summed E-state index contributed by atoms with van der Waals surface area (Å²) in [5.41, 5.74) is 8.40. The molecule has 0 aliphatic heterocycles. The molecule has 3 aromatic rings. The minimum absolute atomic E-state index is 0.130. The standard InChI is InChI=1S/C18H17N3O2S/c1-11-8-9-14(23-2)13(10-11)20-18-21-17(19)16(24-18)15(22)12-6-4-3-5-7-12/h3-10H,19H2,1-2H3,(H,20,21). The first-order valence-electron chi connectivity index (χ1n) is 7.36. The second kappa shape index (κ2) is 6.72. The van der Waals surface area contributed by atoms with E-state index in [1.54, 1.807) is 19.2 Å². The van der Waals surface area contributed by atoms with Gasteiger partial charge < -0.3 is 15.8 Å². The Kier molecular flexibility index (Phi) is 4.48. The van der Waals surface area contributed by atoms with Gasteiger partial charge in [0.25, 0.3) is 0 Å². The van der Waals surface area contributed by atoms with Gasteiger partial charge in [0, 0.05) is 5.56 Å². The third-order valence-electron chi connectivity index (χ3n) is 3.49. The average Bonchev–Trinajstić information content (AvgIpc) is 2.95. The predicted octanol–water partition coefficient (Wildman–Crippen LogP) is 4.02. The zero-order chi connectivity index (χ0) is 17.1. The van der Waals surface area contributed by atoms with Gasteiger partial charge in [0.15, 0.2) is 5.13 Å². The molecule has 0 spiro atoms. The highest BCUT2D eigenvalue weighted by atomic mass is 32.1. The highest BCUT2D eigenvalue weighted by Crippen LogP contribution is 2.33. The molecule has 3 rings (SSSR count). The summed E-state index contributed by atoms with van der Waals surface area (Å²) in [7, 11) is 1.61. The molecule has 2 aromatic carbocycles. The molecule has 0 bridgehead atoms. The Morgan fingerprint density at radius 1 is 1.21 bits per heavy atom. The number of nitrogens with two attached hydrogens (primary N) is 1. The lowest BCUT2D eigenvalue weighted by molar-refractivity contribution is 0.104. The van der Waals surface area contributed by atoms with E-state index in [1.807, 2.05) is 43.3 Å². The summed E-state index contributed by atoms with van der Waals surface area (Å²) in [5.74, 6) is 0.795. The molecule has 0 unspecified atom stereocenters. The zero-order valence-corrected chi connectivity index (χ0v) is 14.2. The monoisotopic (exact) mass is 339 g/mol. The van der Waals surface area contributed by atoms with Gasteiger partial charge in [0.2, 0.25) is 5.78 Å². The molecule has 1 aromatic heterocycles. The Labute approximate surface area is 144 Å². The number of aryl methyl sites for hydroxylation is 1. The van der Waals surface area contributed by atoms with Crippen molar-refractivity contribution in [3.63, 3.8) is 0 Å². The molecular weight excluding hydrogens is 322 g/mol. The molecule has 0 aliphatic carbocycles. The molecule has 0 radical (unpaired) electrons. The number of nitrogen functional groups attached to an aromatic ring is 1. The van der Waals surface area contributed by atoms with E-state index in [1.165, 1.54) is 11.3 Å². The van der Waals surface area contributed by atoms with E-state index in [2.05, 4.69) is 10.3 Å². The van der Waals surface area contributed by atoms with Crippen LogP contribution in [0.15, 0.2) is 48.5 Å². The maximum Gasteiger partial charge on any atom is 0.206 e. The van der Waals surface area contributed by atoms with Crippen LogP contribution in [0.5, 0.6) is 5.75 Å². The van der Waals surface area contributed by atoms with Gasteiger partial charge >= 0.3 is 0 Å². The first-order valence-corrected chi connectivity index (χ1v) is 8.18. The average molecular weight is 339 g/mol. The van der Waals surface area contributed by atoms with Crippen molar-refractivity contribution in [1.82, 2.24) is 4.98 Å². The fraction of sp³-hybridized carbons (Fsp3) is 0.111. The number of nitrogens with one attached hydrogen (secondary N) is 1. The van der Waals surface area contributed by atoms with Crippen LogP contribution in [-0.4, -0.2) is 17.9 Å². The predicted molar refractivity (Wildman–Crippen MR) is 97.4 cm³/mol. The van der Waals surface area contributed by atoms with Crippen LogP contribution < -0.4 is 15.8 Å². The normalized spacial score (nSPS) is 10.4. The number of benzene rings is 2. The van der Waals surface area contributed by atoms with E-state index in [4.69, 9.17) is 10.5 Å². The second-order valence-corrected chi connectivity index (χ2v) is 6.26. The van der Waals surface area contributed by atoms with Gasteiger partial charge in [0.1, 0.15) is 16.4 Å². The number of nitrogens with zero attached hydrogens (tertiary/aromatic N) is 1. The van der Waals surface area contributed by atoms with Crippen LogP contribution in [0, 0.1) is 6.92 Å². The Balaban J connectivity index is 1.90. The molecule has 0 saturated carbocycles. The number of hydrogen-bond acceptors (Lipinski definition) is 6. The van der Waals surface area contributed by atoms with Gasteiger partial charge in [-0.15, -0.1) is 0 Å². The van der Waals surface area contributed by atoms with Gasteiger partial charge in [-0.05, 0) is 24.6 Å². The Morgan fingerprint density at radius 3 is 2.67 bits per heavy atom. The van der Waals surface area contributed by atoms with Gasteiger partial charge in [-0.3, -0.25) is 4.79 Å². The number of carbonyl (C=O) groups is 1. The maximum atomic E-state index is 12.5. The van der Waals surface area contributed by atoms with Crippen LogP contribution in [0.4, 0.5) is 16.6 Å². The molecular formula is C18H17N3O2S. The van der Waals surface area contributed by atoms with E-state index in [9.17, 15) is 4.79 Å². The number of ether oxygens (including phenoxy) is 1. The van der Waals surface area contributed by atoms with E-state index in [0.717, 1.165) is 11.3 Å². The molecule has 6 heteroatoms. The zero-order valence-electron chi connectivity index (χ0n) is 13.4. The van der Waals surface area contributed by atoms with E-state index in [-0.39, 0.29) is 11.6 Å². The minimum atomic E-state index is -0.130. The fourth-order valence-electron chi connectivity index (χ4n) is 2.30. The van der Waals surface area contributed by atoms with Gasteiger partial charge in [-0.1, -0.05) is 47.7 Å². The van der Waals surface area contributed by atoms with Crippen molar-refractivity contribution >= 4 is 33.8 Å². The van der Waals surface area contributed by atoms with Crippen LogP contribution >= 0.6 is 11.3 Å². The lowest BCUT2D eigenvalue weighted by Gasteiger charge is -2.09. The molecule has 0 atom stereocenters. The van der Waals surface area contributed by atoms with Crippen molar-refractivity contribution in [3.8, 4) is 5.75 Å². The Hall–Kier alpha value is -2.86. The number of aromatic nitrogens is 1. The van der Waals surface area contributed by atoms with Crippen LogP contribution in [-0.2, 0) is 0 Å². The third kappa shape index (κ3) is 3.23. The summed E-state index contributed by atoms with van der Waals surface area (Å²) in [6.45, 7) is 1.99. The SMILES string of the molecule is COc1ccc(C)cc1Nc1nc(N)c(C(=O)c2ccccc2)s1. The number of carbonyl (C=O) groups excluding carboxylic acids is 1. The number of rotatable bonds is 5. The molecule has 0 fully saturated rings. The van der Waals surface area contributed by atoms with Gasteiger partial charge in [-0.25, -0.2) is 4.98 Å². The molecule has 1 heterocycles. The van der Waals surface area contributed by atoms with Crippen LogP contribution in [0.25, 0.3) is 0 Å². The quantitative estimate of drug-likeness (QED) is 0.687. The van der Waals surface area contributed by atoms with Crippen molar-refractivity contribution in [2.24, 2.45) is 0 Å². The second-order valence-electron chi connectivity index (χ2n) is 5.26. The first kappa shape index (κ1) is 16.0. The third-order valence-corrected chi connectivity index (χ3v) is 4.48. The fourth-order valence-corrected chi connectivity index (χ4v) is 3.16. The first-order chi connectivity index (χ1) is 11.6. The number of hydrogen-bond donors (Lipinski definition) is 2. The van der Waals surface area contributed by atoms with E-state index >= 15 is 0 Å². The summed E-state index contributed by atoms with van der Waals surface area (Å²) in [5, 5.41) is 3.73. The van der Waals surface area contributed by atoms with Crippen molar-refractivity contribution in [2.75, 3.05) is 18.2 Å². The lowest BCUT2D eigenvalue weighted by atomic mass is 10.1. The number of methoxy groups -OCH3 is 1. The lowest BCUT2D eigenvalue weighted by Crippen LogP contribution is -2.02. The topological polar surface area (TPSA) is 77.2 Å². The molecule has 0 saturated heterocycles. The summed E-state index contributed by atoms with van der Waals surface area (Å²) >= 11 is 1.23. The maximum absolute atomic E-state index is 12.5. The Bertz CT molecular complexity index is 875. The minimum Gasteiger partial charge on any atom is -0.495 e. The smallest absolute Gasteiger partial charge is 0.206 e.